The van der Waals surface area contributed by atoms with Crippen LogP contribution in [-0.4, -0.2) is 37.0 Å². The van der Waals surface area contributed by atoms with E-state index in [4.69, 9.17) is 4.74 Å². The lowest BCUT2D eigenvalue weighted by atomic mass is 9.87. The number of ether oxygens (including phenoxy) is 1. The quantitative estimate of drug-likeness (QED) is 0.795. The monoisotopic (exact) mass is 281 g/mol. The smallest absolute Gasteiger partial charge is 0.325 e. The fourth-order valence-electron chi connectivity index (χ4n) is 2.49. The van der Waals surface area contributed by atoms with Crippen molar-refractivity contribution in [3.05, 3.63) is 21.9 Å². The maximum absolute atomic E-state index is 12.4. The first kappa shape index (κ1) is 14.1. The van der Waals surface area contributed by atoms with E-state index < -0.39 is 0 Å². The third-order valence-corrected chi connectivity index (χ3v) is 4.39. The molecule has 5 heteroatoms. The molecule has 0 saturated heterocycles. The average Bonchev–Trinajstić information content (AvgIpc) is 2.86. The molecule has 0 aromatic carbocycles. The van der Waals surface area contributed by atoms with Gasteiger partial charge in [0.15, 0.2) is 0 Å². The van der Waals surface area contributed by atoms with E-state index in [0.717, 1.165) is 24.8 Å². The minimum absolute atomic E-state index is 0.0207. The van der Waals surface area contributed by atoms with Crippen LogP contribution < -0.4 is 0 Å². The number of amides is 1. The number of carbonyl (C=O) groups is 2. The number of esters is 1. The van der Waals surface area contributed by atoms with Crippen LogP contribution in [0.3, 0.4) is 0 Å². The highest BCUT2D eigenvalue weighted by Gasteiger charge is 2.30. The van der Waals surface area contributed by atoms with Crippen molar-refractivity contribution in [1.29, 1.82) is 0 Å². The van der Waals surface area contributed by atoms with Gasteiger partial charge < -0.3 is 9.64 Å². The lowest BCUT2D eigenvalue weighted by Crippen LogP contribution is -2.37. The van der Waals surface area contributed by atoms with E-state index in [9.17, 15) is 9.59 Å². The largest absolute Gasteiger partial charge is 0.465 e. The number of rotatable bonds is 4. The fraction of sp³-hybridized carbons (Fsp3) is 0.571. The molecule has 1 aromatic rings. The van der Waals surface area contributed by atoms with Crippen LogP contribution in [-0.2, 0) is 20.7 Å². The molecule has 0 fully saturated rings. The summed E-state index contributed by atoms with van der Waals surface area (Å²) >= 11 is 1.72. The number of fused-ring (bicyclic) bond motifs is 1. The highest BCUT2D eigenvalue weighted by molar-refractivity contribution is 7.10. The number of aryl methyl sites for hydroxylation is 1. The average molecular weight is 281 g/mol. The van der Waals surface area contributed by atoms with Crippen LogP contribution in [0.2, 0.25) is 0 Å². The van der Waals surface area contributed by atoms with Gasteiger partial charge in [-0.1, -0.05) is 0 Å². The predicted octanol–water partition coefficient (Wildman–Crippen LogP) is 2.19. The molecule has 1 aliphatic rings. The molecule has 0 radical (unpaired) electrons. The van der Waals surface area contributed by atoms with Gasteiger partial charge in [0, 0.05) is 11.9 Å². The van der Waals surface area contributed by atoms with E-state index in [1.807, 2.05) is 11.4 Å². The van der Waals surface area contributed by atoms with Gasteiger partial charge >= 0.3 is 5.97 Å². The van der Waals surface area contributed by atoms with Gasteiger partial charge in [-0.25, -0.2) is 0 Å². The predicted molar refractivity (Wildman–Crippen MR) is 74.3 cm³/mol. The minimum atomic E-state index is -0.347. The van der Waals surface area contributed by atoms with Crippen molar-refractivity contribution in [2.45, 2.75) is 32.1 Å². The zero-order chi connectivity index (χ0) is 13.8. The van der Waals surface area contributed by atoms with Crippen LogP contribution in [0.15, 0.2) is 11.4 Å². The van der Waals surface area contributed by atoms with Crippen molar-refractivity contribution in [2.24, 2.45) is 0 Å². The summed E-state index contributed by atoms with van der Waals surface area (Å²) in [4.78, 5) is 26.6. The minimum Gasteiger partial charge on any atom is -0.465 e. The first-order valence-corrected chi connectivity index (χ1v) is 7.48. The Balaban J connectivity index is 2.03. The van der Waals surface area contributed by atoms with Gasteiger partial charge in [0.2, 0.25) is 5.91 Å². The Hall–Kier alpha value is -1.36. The molecule has 0 bridgehead atoms. The molecule has 104 valence electrons. The zero-order valence-electron chi connectivity index (χ0n) is 11.3. The van der Waals surface area contributed by atoms with Crippen molar-refractivity contribution >= 4 is 23.2 Å². The van der Waals surface area contributed by atoms with Crippen molar-refractivity contribution in [3.8, 4) is 0 Å². The topological polar surface area (TPSA) is 46.6 Å². The Morgan fingerprint density at radius 2 is 2.32 bits per heavy atom. The molecular formula is C14H19NO3S. The lowest BCUT2D eigenvalue weighted by molar-refractivity contribution is -0.148. The summed E-state index contributed by atoms with van der Waals surface area (Å²) in [6, 6.07) is 2.04. The second-order valence-electron chi connectivity index (χ2n) is 4.74. The first-order valence-electron chi connectivity index (χ1n) is 6.60. The van der Waals surface area contributed by atoms with Crippen molar-refractivity contribution in [1.82, 2.24) is 4.90 Å². The van der Waals surface area contributed by atoms with Crippen molar-refractivity contribution < 1.29 is 14.3 Å². The van der Waals surface area contributed by atoms with Crippen LogP contribution >= 0.6 is 11.3 Å². The highest BCUT2D eigenvalue weighted by atomic mass is 32.1. The van der Waals surface area contributed by atoms with Crippen LogP contribution in [0.25, 0.3) is 0 Å². The molecule has 1 atom stereocenters. The SMILES string of the molecule is CCOC(=O)CN(C)C(=O)C1CCCc2sccc21. The van der Waals surface area contributed by atoms with Gasteiger partial charge in [0.1, 0.15) is 6.54 Å². The molecule has 0 N–H and O–H groups in total. The number of likely N-dealkylation sites (N-methyl/N-ethyl adjacent to an activating group) is 1. The van der Waals surface area contributed by atoms with Gasteiger partial charge in [-0.3, -0.25) is 9.59 Å². The highest BCUT2D eigenvalue weighted by Crippen LogP contribution is 2.35. The summed E-state index contributed by atoms with van der Waals surface area (Å²) in [7, 11) is 1.67. The molecule has 1 unspecified atom stereocenters. The summed E-state index contributed by atoms with van der Waals surface area (Å²) in [5.74, 6) is -0.415. The fourth-order valence-corrected chi connectivity index (χ4v) is 3.47. The molecule has 19 heavy (non-hydrogen) atoms. The maximum Gasteiger partial charge on any atom is 0.325 e. The van der Waals surface area contributed by atoms with E-state index in [-0.39, 0.29) is 24.3 Å². The molecule has 1 heterocycles. The standard InChI is InChI=1S/C14H19NO3S/c1-3-18-13(16)9-15(2)14(17)11-5-4-6-12-10(11)7-8-19-12/h7-8,11H,3-6,9H2,1-2H3. The molecule has 0 spiro atoms. The molecule has 1 aromatic heterocycles. The third-order valence-electron chi connectivity index (χ3n) is 3.40. The summed E-state index contributed by atoms with van der Waals surface area (Å²) < 4.78 is 4.87. The van der Waals surface area contributed by atoms with Crippen molar-refractivity contribution in [3.63, 3.8) is 0 Å². The van der Waals surface area contributed by atoms with Gasteiger partial charge in [0.05, 0.1) is 12.5 Å². The molecular weight excluding hydrogens is 262 g/mol. The third kappa shape index (κ3) is 3.15. The second-order valence-corrected chi connectivity index (χ2v) is 5.74. The Morgan fingerprint density at radius 1 is 1.53 bits per heavy atom. The van der Waals surface area contributed by atoms with Crippen LogP contribution in [0, 0.1) is 0 Å². The number of thiophene rings is 1. The molecule has 4 nitrogen and oxygen atoms in total. The Kier molecular flexibility index (Phi) is 4.58. The van der Waals surface area contributed by atoms with Crippen LogP contribution in [0.1, 0.15) is 36.1 Å². The van der Waals surface area contributed by atoms with Crippen LogP contribution in [0.4, 0.5) is 0 Å². The normalized spacial score (nSPS) is 17.7. The number of hydrogen-bond donors (Lipinski definition) is 0. The number of carbonyl (C=O) groups excluding carboxylic acids is 2. The Labute approximate surface area is 117 Å². The zero-order valence-corrected chi connectivity index (χ0v) is 12.2. The van der Waals surface area contributed by atoms with E-state index in [1.165, 1.54) is 9.78 Å². The van der Waals surface area contributed by atoms with E-state index in [1.54, 1.807) is 25.3 Å². The lowest BCUT2D eigenvalue weighted by Gasteiger charge is -2.26. The number of hydrogen-bond acceptors (Lipinski definition) is 4. The van der Waals surface area contributed by atoms with E-state index in [2.05, 4.69) is 0 Å². The summed E-state index contributed by atoms with van der Waals surface area (Å²) in [6.45, 7) is 2.14. The van der Waals surface area contributed by atoms with E-state index in [0.29, 0.717) is 6.61 Å². The second kappa shape index (κ2) is 6.19. The molecule has 0 saturated carbocycles. The maximum atomic E-state index is 12.4. The Morgan fingerprint density at radius 3 is 3.05 bits per heavy atom. The number of nitrogens with zero attached hydrogens (tertiary/aromatic N) is 1. The van der Waals surface area contributed by atoms with Gasteiger partial charge in [-0.15, -0.1) is 11.3 Å². The first-order chi connectivity index (χ1) is 9.13. The van der Waals surface area contributed by atoms with Crippen molar-refractivity contribution in [2.75, 3.05) is 20.2 Å². The summed E-state index contributed by atoms with van der Waals surface area (Å²) in [6.07, 6.45) is 2.98. The van der Waals surface area contributed by atoms with Gasteiger partial charge in [0.25, 0.3) is 0 Å². The van der Waals surface area contributed by atoms with E-state index >= 15 is 0 Å². The summed E-state index contributed by atoms with van der Waals surface area (Å²) in [5, 5.41) is 2.04. The molecule has 1 amide bonds. The summed E-state index contributed by atoms with van der Waals surface area (Å²) in [5.41, 5.74) is 1.15. The molecule has 0 aliphatic heterocycles. The molecule has 2 rings (SSSR count). The van der Waals surface area contributed by atoms with Crippen LogP contribution in [0.5, 0.6) is 0 Å². The molecule has 1 aliphatic carbocycles. The van der Waals surface area contributed by atoms with Gasteiger partial charge in [-0.05, 0) is 43.2 Å². The Bertz CT molecular complexity index is 469. The van der Waals surface area contributed by atoms with Gasteiger partial charge in [-0.2, -0.15) is 0 Å².